The number of ketones is 1. The van der Waals surface area contributed by atoms with Crippen molar-refractivity contribution in [3.8, 4) is 5.69 Å². The third-order valence-corrected chi connectivity index (χ3v) is 2.84. The number of fused-ring (bicyclic) bond motifs is 1. The van der Waals surface area contributed by atoms with Gasteiger partial charge in [0.2, 0.25) is 0 Å². The van der Waals surface area contributed by atoms with E-state index in [9.17, 15) is 4.79 Å². The molecule has 2 aromatic heterocycles. The van der Waals surface area contributed by atoms with E-state index in [4.69, 9.17) is 0 Å². The van der Waals surface area contributed by atoms with E-state index in [1.54, 1.807) is 24.0 Å². The molecular formula is C14H11N3O. The number of nitrogens with zero attached hydrogens (tertiary/aromatic N) is 3. The molecule has 4 nitrogen and oxygen atoms in total. The lowest BCUT2D eigenvalue weighted by atomic mass is 10.1. The van der Waals surface area contributed by atoms with Crippen molar-refractivity contribution in [2.75, 3.05) is 0 Å². The topological polar surface area (TPSA) is 47.8 Å². The maximum absolute atomic E-state index is 11.6. The standard InChI is InChI=1S/C14H11N3O/c1-10(18)12-5-2-6-14-13(12)9-17(16-14)11-4-3-7-15-8-11/h2-9H,1H3. The first-order chi connectivity index (χ1) is 8.75. The fourth-order valence-electron chi connectivity index (χ4n) is 1.97. The van der Waals surface area contributed by atoms with Gasteiger partial charge in [-0.2, -0.15) is 5.10 Å². The van der Waals surface area contributed by atoms with Gasteiger partial charge in [0.25, 0.3) is 0 Å². The Morgan fingerprint density at radius 1 is 1.22 bits per heavy atom. The summed E-state index contributed by atoms with van der Waals surface area (Å²) in [5.74, 6) is 0.0475. The van der Waals surface area contributed by atoms with Crippen molar-refractivity contribution in [1.29, 1.82) is 0 Å². The number of carbonyl (C=O) groups is 1. The van der Waals surface area contributed by atoms with Crippen molar-refractivity contribution in [2.45, 2.75) is 6.92 Å². The summed E-state index contributed by atoms with van der Waals surface area (Å²) in [4.78, 5) is 15.6. The van der Waals surface area contributed by atoms with E-state index >= 15 is 0 Å². The fraction of sp³-hybridized carbons (Fsp3) is 0.0714. The van der Waals surface area contributed by atoms with Gasteiger partial charge in [0.05, 0.1) is 17.4 Å². The first-order valence-electron chi connectivity index (χ1n) is 5.65. The van der Waals surface area contributed by atoms with Crippen LogP contribution in [-0.2, 0) is 0 Å². The van der Waals surface area contributed by atoms with E-state index in [2.05, 4.69) is 10.1 Å². The van der Waals surface area contributed by atoms with Gasteiger partial charge in [-0.15, -0.1) is 0 Å². The SMILES string of the molecule is CC(=O)c1cccc2nn(-c3cccnc3)cc12. The van der Waals surface area contributed by atoms with Crippen molar-refractivity contribution in [3.05, 3.63) is 54.5 Å². The molecule has 0 aliphatic rings. The Bertz CT molecular complexity index is 716. The van der Waals surface area contributed by atoms with Crippen molar-refractivity contribution in [3.63, 3.8) is 0 Å². The predicted octanol–water partition coefficient (Wildman–Crippen LogP) is 2.62. The molecular weight excluding hydrogens is 226 g/mol. The Balaban J connectivity index is 2.23. The number of carbonyl (C=O) groups excluding carboxylic acids is 1. The molecule has 0 aliphatic heterocycles. The summed E-state index contributed by atoms with van der Waals surface area (Å²) < 4.78 is 1.74. The number of aromatic nitrogens is 3. The van der Waals surface area contributed by atoms with Gasteiger partial charge in [0, 0.05) is 23.3 Å². The zero-order valence-corrected chi connectivity index (χ0v) is 9.87. The van der Waals surface area contributed by atoms with E-state index in [0.717, 1.165) is 16.6 Å². The van der Waals surface area contributed by atoms with Crippen LogP contribution in [0.4, 0.5) is 0 Å². The maximum Gasteiger partial charge on any atom is 0.160 e. The second-order valence-electron chi connectivity index (χ2n) is 4.08. The van der Waals surface area contributed by atoms with Crippen LogP contribution in [0.1, 0.15) is 17.3 Å². The van der Waals surface area contributed by atoms with E-state index in [1.807, 2.05) is 36.5 Å². The Labute approximate surface area is 104 Å². The minimum absolute atomic E-state index is 0.0475. The lowest BCUT2D eigenvalue weighted by molar-refractivity contribution is 0.101. The second-order valence-corrected chi connectivity index (χ2v) is 4.08. The second kappa shape index (κ2) is 4.07. The molecule has 0 saturated heterocycles. The summed E-state index contributed by atoms with van der Waals surface area (Å²) in [5.41, 5.74) is 2.39. The molecule has 0 N–H and O–H groups in total. The van der Waals surface area contributed by atoms with E-state index in [1.165, 1.54) is 0 Å². The molecule has 0 saturated carbocycles. The molecule has 0 unspecified atom stereocenters. The smallest absolute Gasteiger partial charge is 0.160 e. The van der Waals surface area contributed by atoms with Crippen molar-refractivity contribution >= 4 is 16.7 Å². The van der Waals surface area contributed by atoms with Crippen molar-refractivity contribution < 1.29 is 4.79 Å². The highest BCUT2D eigenvalue weighted by Crippen LogP contribution is 2.19. The van der Waals surface area contributed by atoms with Gasteiger partial charge in [-0.3, -0.25) is 9.78 Å². The van der Waals surface area contributed by atoms with Crippen molar-refractivity contribution in [2.24, 2.45) is 0 Å². The predicted molar refractivity (Wildman–Crippen MR) is 68.9 cm³/mol. The highest BCUT2D eigenvalue weighted by Gasteiger charge is 2.09. The highest BCUT2D eigenvalue weighted by atomic mass is 16.1. The molecule has 0 atom stereocenters. The van der Waals surface area contributed by atoms with Gasteiger partial charge in [-0.1, -0.05) is 12.1 Å². The van der Waals surface area contributed by atoms with Crippen LogP contribution in [0.2, 0.25) is 0 Å². The number of hydrogen-bond donors (Lipinski definition) is 0. The third kappa shape index (κ3) is 1.68. The fourth-order valence-corrected chi connectivity index (χ4v) is 1.97. The van der Waals surface area contributed by atoms with Crippen LogP contribution in [0.15, 0.2) is 48.9 Å². The van der Waals surface area contributed by atoms with Crippen LogP contribution in [0.3, 0.4) is 0 Å². The van der Waals surface area contributed by atoms with E-state index in [-0.39, 0.29) is 5.78 Å². The molecule has 4 heteroatoms. The molecule has 0 radical (unpaired) electrons. The van der Waals surface area contributed by atoms with Crippen LogP contribution >= 0.6 is 0 Å². The zero-order chi connectivity index (χ0) is 12.5. The molecule has 3 aromatic rings. The lowest BCUT2D eigenvalue weighted by Crippen LogP contribution is -1.94. The summed E-state index contributed by atoms with van der Waals surface area (Å²) in [6.45, 7) is 1.57. The molecule has 88 valence electrons. The van der Waals surface area contributed by atoms with E-state index < -0.39 is 0 Å². The van der Waals surface area contributed by atoms with Crippen LogP contribution in [0.25, 0.3) is 16.6 Å². The maximum atomic E-state index is 11.6. The quantitative estimate of drug-likeness (QED) is 0.644. The number of pyridine rings is 1. The molecule has 2 heterocycles. The van der Waals surface area contributed by atoms with Gasteiger partial charge in [-0.05, 0) is 25.1 Å². The van der Waals surface area contributed by atoms with Gasteiger partial charge in [0.1, 0.15) is 0 Å². The first kappa shape index (κ1) is 10.7. The Morgan fingerprint density at radius 2 is 2.11 bits per heavy atom. The first-order valence-corrected chi connectivity index (χ1v) is 5.65. The van der Waals surface area contributed by atoms with Gasteiger partial charge < -0.3 is 0 Å². The number of benzene rings is 1. The number of rotatable bonds is 2. The number of Topliss-reactive ketones (excluding diaryl/α,β-unsaturated/α-hetero) is 1. The normalized spacial score (nSPS) is 10.7. The minimum atomic E-state index is 0.0475. The Morgan fingerprint density at radius 3 is 2.83 bits per heavy atom. The molecule has 1 aromatic carbocycles. The number of hydrogen-bond acceptors (Lipinski definition) is 3. The summed E-state index contributed by atoms with van der Waals surface area (Å²) in [6, 6.07) is 9.34. The third-order valence-electron chi connectivity index (χ3n) is 2.84. The molecule has 3 rings (SSSR count). The average Bonchev–Trinajstić information content (AvgIpc) is 2.83. The highest BCUT2D eigenvalue weighted by molar-refractivity contribution is 6.06. The molecule has 0 bridgehead atoms. The lowest BCUT2D eigenvalue weighted by Gasteiger charge is -1.97. The van der Waals surface area contributed by atoms with Crippen LogP contribution in [0, 0.1) is 0 Å². The van der Waals surface area contributed by atoms with Gasteiger partial charge in [-0.25, -0.2) is 4.68 Å². The summed E-state index contributed by atoms with van der Waals surface area (Å²) in [6.07, 6.45) is 5.32. The van der Waals surface area contributed by atoms with Crippen LogP contribution in [0.5, 0.6) is 0 Å². The molecule has 18 heavy (non-hydrogen) atoms. The average molecular weight is 237 g/mol. The summed E-state index contributed by atoms with van der Waals surface area (Å²) in [5, 5.41) is 5.32. The van der Waals surface area contributed by atoms with Gasteiger partial charge >= 0.3 is 0 Å². The minimum Gasteiger partial charge on any atom is -0.294 e. The Hall–Kier alpha value is -2.49. The van der Waals surface area contributed by atoms with Crippen molar-refractivity contribution in [1.82, 2.24) is 14.8 Å². The molecule has 0 fully saturated rings. The zero-order valence-electron chi connectivity index (χ0n) is 9.87. The van der Waals surface area contributed by atoms with Crippen LogP contribution in [-0.4, -0.2) is 20.5 Å². The summed E-state index contributed by atoms with van der Waals surface area (Å²) >= 11 is 0. The largest absolute Gasteiger partial charge is 0.294 e. The summed E-state index contributed by atoms with van der Waals surface area (Å²) in [7, 11) is 0. The van der Waals surface area contributed by atoms with Crippen LogP contribution < -0.4 is 0 Å². The molecule has 0 spiro atoms. The van der Waals surface area contributed by atoms with E-state index in [0.29, 0.717) is 5.56 Å². The monoisotopic (exact) mass is 237 g/mol. The molecule has 0 amide bonds. The van der Waals surface area contributed by atoms with Gasteiger partial charge in [0.15, 0.2) is 5.78 Å². The Kier molecular flexibility index (Phi) is 2.41. The molecule has 0 aliphatic carbocycles.